The van der Waals surface area contributed by atoms with Crippen LogP contribution < -0.4 is 9.47 Å². The first kappa shape index (κ1) is 20.2. The van der Waals surface area contributed by atoms with E-state index in [1.54, 1.807) is 32.4 Å². The van der Waals surface area contributed by atoms with Gasteiger partial charge in [-0.25, -0.2) is 0 Å². The second-order valence-corrected chi connectivity index (χ2v) is 8.21. The minimum atomic E-state index is -0.0583. The number of rotatable bonds is 6. The topological polar surface area (TPSA) is 65.7 Å². The molecule has 0 saturated heterocycles. The van der Waals surface area contributed by atoms with Crippen molar-refractivity contribution in [2.24, 2.45) is 0 Å². The van der Waals surface area contributed by atoms with Crippen LogP contribution in [0, 0.1) is 20.8 Å². The lowest BCUT2D eigenvalue weighted by Crippen LogP contribution is -2.06. The number of methoxy groups -OCH3 is 2. The van der Waals surface area contributed by atoms with Gasteiger partial charge in [-0.05, 0) is 67.6 Å². The average molecular weight is 422 g/mol. The minimum Gasteiger partial charge on any atom is -0.497 e. The van der Waals surface area contributed by atoms with Crippen LogP contribution in [0.15, 0.2) is 41.6 Å². The molecular weight excluding hydrogens is 398 g/mol. The number of aryl methyl sites for hydroxylation is 3. The van der Waals surface area contributed by atoms with Crippen molar-refractivity contribution in [3.05, 3.63) is 58.7 Å². The fourth-order valence-corrected chi connectivity index (χ4v) is 4.59. The van der Waals surface area contributed by atoms with Crippen LogP contribution in [0.5, 0.6) is 11.5 Å². The Morgan fingerprint density at radius 2 is 1.80 bits per heavy atom. The summed E-state index contributed by atoms with van der Waals surface area (Å²) in [5.41, 5.74) is 5.78. The Bertz CT molecular complexity index is 1280. The third-order valence-electron chi connectivity index (χ3n) is 5.10. The molecule has 0 spiro atoms. The fraction of sp³-hybridized carbons (Fsp3) is 0.261. The van der Waals surface area contributed by atoms with Crippen LogP contribution >= 0.6 is 11.8 Å². The molecule has 0 aliphatic heterocycles. The number of thioether (sulfide) groups is 1. The third kappa shape index (κ3) is 3.50. The van der Waals surface area contributed by atoms with E-state index in [4.69, 9.17) is 9.47 Å². The maximum absolute atomic E-state index is 13.0. The molecule has 0 unspecified atom stereocenters. The summed E-state index contributed by atoms with van der Waals surface area (Å²) in [7, 11) is 3.13. The van der Waals surface area contributed by atoms with Gasteiger partial charge in [-0.3, -0.25) is 9.20 Å². The number of aromatic nitrogens is 3. The molecule has 4 aromatic rings. The highest BCUT2D eigenvalue weighted by Gasteiger charge is 2.18. The van der Waals surface area contributed by atoms with E-state index in [0.717, 1.165) is 27.7 Å². The van der Waals surface area contributed by atoms with Crippen LogP contribution in [-0.2, 0) is 0 Å². The number of fused-ring (bicyclic) bond motifs is 3. The van der Waals surface area contributed by atoms with Gasteiger partial charge in [-0.1, -0.05) is 23.4 Å². The number of hydrogen-bond donors (Lipinski definition) is 0. The number of carbonyl (C=O) groups excluding carboxylic acids is 1. The summed E-state index contributed by atoms with van der Waals surface area (Å²) in [4.78, 5) is 13.0. The summed E-state index contributed by atoms with van der Waals surface area (Å²) in [6.45, 7) is 6.21. The molecule has 2 aromatic heterocycles. The molecule has 0 aliphatic rings. The number of carbonyl (C=O) groups is 1. The van der Waals surface area contributed by atoms with Crippen molar-refractivity contribution in [1.82, 2.24) is 14.6 Å². The van der Waals surface area contributed by atoms with Gasteiger partial charge in [0.05, 0.1) is 31.1 Å². The maximum atomic E-state index is 13.0. The van der Waals surface area contributed by atoms with Crippen molar-refractivity contribution in [1.29, 1.82) is 0 Å². The molecular formula is C23H23N3O3S. The van der Waals surface area contributed by atoms with E-state index >= 15 is 0 Å². The first-order valence-electron chi connectivity index (χ1n) is 9.56. The molecule has 154 valence electrons. The molecule has 30 heavy (non-hydrogen) atoms. The number of Topliss-reactive ketones (excluding diaryl/α,β-unsaturated/α-hetero) is 1. The normalized spacial score (nSPS) is 11.2. The van der Waals surface area contributed by atoms with Gasteiger partial charge in [0, 0.05) is 0 Å². The van der Waals surface area contributed by atoms with E-state index in [1.807, 2.05) is 6.92 Å². The summed E-state index contributed by atoms with van der Waals surface area (Å²) < 4.78 is 12.7. The van der Waals surface area contributed by atoms with Crippen molar-refractivity contribution < 1.29 is 14.3 Å². The van der Waals surface area contributed by atoms with Gasteiger partial charge in [-0.15, -0.1) is 10.2 Å². The van der Waals surface area contributed by atoms with Crippen molar-refractivity contribution in [2.75, 3.05) is 20.0 Å². The third-order valence-corrected chi connectivity index (χ3v) is 6.02. The zero-order chi connectivity index (χ0) is 21.4. The Morgan fingerprint density at radius 1 is 1.00 bits per heavy atom. The monoisotopic (exact) mass is 421 g/mol. The molecule has 0 fully saturated rings. The van der Waals surface area contributed by atoms with Crippen LogP contribution in [0.2, 0.25) is 0 Å². The van der Waals surface area contributed by atoms with Gasteiger partial charge >= 0.3 is 0 Å². The standard InChI is InChI=1S/C23H23N3O3S/c1-13-8-14(2)21-16(9-13)10-15(3)22-24-25-23(26(21)22)30-12-19(27)18-11-17(28-4)6-7-20(18)29-5/h6-11H,12H2,1-5H3. The molecule has 0 aliphatic carbocycles. The Kier molecular flexibility index (Phi) is 5.39. The molecule has 0 atom stereocenters. The van der Waals surface area contributed by atoms with E-state index in [0.29, 0.717) is 22.2 Å². The number of ether oxygens (including phenoxy) is 2. The molecule has 2 aromatic carbocycles. The summed E-state index contributed by atoms with van der Waals surface area (Å²) in [5.74, 6) is 1.30. The molecule has 0 saturated carbocycles. The molecule has 6 nitrogen and oxygen atoms in total. The second-order valence-electron chi connectivity index (χ2n) is 7.27. The number of ketones is 1. The van der Waals surface area contributed by atoms with E-state index in [9.17, 15) is 4.79 Å². The molecule has 0 bridgehead atoms. The highest BCUT2D eigenvalue weighted by atomic mass is 32.2. The first-order valence-corrected chi connectivity index (χ1v) is 10.5. The van der Waals surface area contributed by atoms with Crippen molar-refractivity contribution >= 4 is 34.1 Å². The lowest BCUT2D eigenvalue weighted by molar-refractivity contribution is 0.101. The van der Waals surface area contributed by atoms with Crippen molar-refractivity contribution in [3.63, 3.8) is 0 Å². The van der Waals surface area contributed by atoms with E-state index < -0.39 is 0 Å². The molecule has 0 radical (unpaired) electrons. The van der Waals surface area contributed by atoms with Crippen LogP contribution in [0.25, 0.3) is 16.6 Å². The van der Waals surface area contributed by atoms with E-state index in [1.165, 1.54) is 17.3 Å². The average Bonchev–Trinajstić information content (AvgIpc) is 3.15. The van der Waals surface area contributed by atoms with Crippen molar-refractivity contribution in [2.45, 2.75) is 25.9 Å². The Balaban J connectivity index is 1.73. The van der Waals surface area contributed by atoms with Gasteiger partial charge < -0.3 is 9.47 Å². The van der Waals surface area contributed by atoms with Crippen LogP contribution in [0.3, 0.4) is 0 Å². The first-order chi connectivity index (χ1) is 14.4. The predicted octanol–water partition coefficient (Wildman–Crippen LogP) is 4.80. The predicted molar refractivity (Wildman–Crippen MR) is 119 cm³/mol. The molecule has 7 heteroatoms. The highest BCUT2D eigenvalue weighted by Crippen LogP contribution is 2.30. The largest absolute Gasteiger partial charge is 0.497 e. The van der Waals surface area contributed by atoms with Gasteiger partial charge in [-0.2, -0.15) is 0 Å². The van der Waals surface area contributed by atoms with E-state index in [-0.39, 0.29) is 11.5 Å². The van der Waals surface area contributed by atoms with Gasteiger partial charge in [0.15, 0.2) is 16.6 Å². The van der Waals surface area contributed by atoms with Gasteiger partial charge in [0.1, 0.15) is 11.5 Å². The summed E-state index contributed by atoms with van der Waals surface area (Å²) in [6.07, 6.45) is 0. The molecule has 4 rings (SSSR count). The zero-order valence-electron chi connectivity index (χ0n) is 17.6. The molecule has 0 amide bonds. The zero-order valence-corrected chi connectivity index (χ0v) is 18.5. The van der Waals surface area contributed by atoms with Crippen LogP contribution in [0.1, 0.15) is 27.0 Å². The summed E-state index contributed by atoms with van der Waals surface area (Å²) >= 11 is 1.37. The molecule has 2 heterocycles. The lowest BCUT2D eigenvalue weighted by Gasteiger charge is -2.11. The fourth-order valence-electron chi connectivity index (χ4n) is 3.77. The maximum Gasteiger partial charge on any atom is 0.196 e. The highest BCUT2D eigenvalue weighted by molar-refractivity contribution is 7.99. The van der Waals surface area contributed by atoms with Crippen molar-refractivity contribution in [3.8, 4) is 11.5 Å². The number of nitrogens with zero attached hydrogens (tertiary/aromatic N) is 3. The Hall–Kier alpha value is -3.06. The van der Waals surface area contributed by atoms with Crippen LogP contribution in [-0.4, -0.2) is 40.4 Å². The Labute approximate surface area is 179 Å². The second kappa shape index (κ2) is 7.99. The summed E-state index contributed by atoms with van der Waals surface area (Å²) in [6, 6.07) is 11.7. The quantitative estimate of drug-likeness (QED) is 0.329. The smallest absolute Gasteiger partial charge is 0.196 e. The molecule has 0 N–H and O–H groups in total. The summed E-state index contributed by atoms with van der Waals surface area (Å²) in [5, 5.41) is 10.6. The number of hydrogen-bond acceptors (Lipinski definition) is 6. The van der Waals surface area contributed by atoms with Gasteiger partial charge in [0.25, 0.3) is 0 Å². The van der Waals surface area contributed by atoms with Gasteiger partial charge in [0.2, 0.25) is 0 Å². The Morgan fingerprint density at radius 3 is 2.53 bits per heavy atom. The SMILES string of the molecule is COc1ccc(OC)c(C(=O)CSc2nnc3c(C)cc4cc(C)cc(C)c4n23)c1. The minimum absolute atomic E-state index is 0.0583. The van der Waals surface area contributed by atoms with E-state index in [2.05, 4.69) is 46.6 Å². The number of pyridine rings is 1. The number of benzene rings is 2. The lowest BCUT2D eigenvalue weighted by atomic mass is 10.1. The van der Waals surface area contributed by atoms with Crippen LogP contribution in [0.4, 0.5) is 0 Å².